The maximum atomic E-state index is 12.8. The summed E-state index contributed by atoms with van der Waals surface area (Å²) < 4.78 is 12.2. The molecule has 34 heavy (non-hydrogen) atoms. The summed E-state index contributed by atoms with van der Waals surface area (Å²) in [6.07, 6.45) is 1.97. The second-order valence-corrected chi connectivity index (χ2v) is 8.79. The second-order valence-electron chi connectivity index (χ2n) is 8.79. The lowest BCUT2D eigenvalue weighted by atomic mass is 9.97. The van der Waals surface area contributed by atoms with E-state index in [2.05, 4.69) is 10.1 Å². The van der Waals surface area contributed by atoms with Crippen LogP contribution in [-0.4, -0.2) is 82.7 Å². The quantitative estimate of drug-likeness (QED) is 0.538. The zero-order chi connectivity index (χ0) is 25.0. The number of hydrogen-bond acceptors (Lipinski definition) is 7. The van der Waals surface area contributed by atoms with Crippen LogP contribution in [0, 0.1) is 19.8 Å². The third-order valence-corrected chi connectivity index (χ3v) is 6.57. The van der Waals surface area contributed by atoms with Crippen molar-refractivity contribution in [3.8, 4) is 5.88 Å². The van der Waals surface area contributed by atoms with Crippen LogP contribution in [0.25, 0.3) is 11.0 Å². The van der Waals surface area contributed by atoms with Crippen LogP contribution in [0.3, 0.4) is 0 Å². The van der Waals surface area contributed by atoms with E-state index in [4.69, 9.17) is 9.47 Å². The molecule has 2 amide bonds. The van der Waals surface area contributed by atoms with Gasteiger partial charge in [-0.25, -0.2) is 9.67 Å². The minimum atomic E-state index is -0.191. The van der Waals surface area contributed by atoms with Gasteiger partial charge in [0.15, 0.2) is 5.65 Å². The summed E-state index contributed by atoms with van der Waals surface area (Å²) in [4.78, 5) is 45.3. The third kappa shape index (κ3) is 5.31. The Balaban J connectivity index is 1.57. The molecule has 10 nitrogen and oxygen atoms in total. The fourth-order valence-electron chi connectivity index (χ4n) is 4.55. The highest BCUT2D eigenvalue weighted by Crippen LogP contribution is 2.30. The van der Waals surface area contributed by atoms with Gasteiger partial charge in [0.1, 0.15) is 0 Å². The molecule has 1 aliphatic heterocycles. The summed E-state index contributed by atoms with van der Waals surface area (Å²) >= 11 is 0. The van der Waals surface area contributed by atoms with Gasteiger partial charge in [-0.2, -0.15) is 0 Å². The first kappa shape index (κ1) is 25.5. The van der Waals surface area contributed by atoms with E-state index in [-0.39, 0.29) is 36.7 Å². The predicted molar refractivity (Wildman–Crippen MR) is 126 cm³/mol. The zero-order valence-electron chi connectivity index (χ0n) is 21.0. The Morgan fingerprint density at radius 2 is 1.85 bits per heavy atom. The number of nitrogens with zero attached hydrogens (tertiary/aromatic N) is 5. The Morgan fingerprint density at radius 1 is 1.18 bits per heavy atom. The van der Waals surface area contributed by atoms with Gasteiger partial charge in [0.05, 0.1) is 31.6 Å². The number of piperidine rings is 1. The van der Waals surface area contributed by atoms with Gasteiger partial charge in [0.25, 0.3) is 0 Å². The van der Waals surface area contributed by atoms with E-state index in [9.17, 15) is 14.4 Å². The average Bonchev–Trinajstić information content (AvgIpc) is 3.14. The number of carbonyl (C=O) groups excluding carboxylic acids is 3. The molecule has 2 aromatic rings. The number of hydrogen-bond donors (Lipinski definition) is 0. The molecule has 186 valence electrons. The summed E-state index contributed by atoms with van der Waals surface area (Å²) in [6, 6.07) is 0. The fourth-order valence-corrected chi connectivity index (χ4v) is 4.55. The predicted octanol–water partition coefficient (Wildman–Crippen LogP) is 1.79. The number of methoxy groups -OCH3 is 1. The van der Waals surface area contributed by atoms with Crippen LogP contribution in [0.4, 0.5) is 0 Å². The van der Waals surface area contributed by atoms with Crippen molar-refractivity contribution in [3.63, 3.8) is 0 Å². The Kier molecular flexibility index (Phi) is 8.11. The maximum Gasteiger partial charge on any atom is 0.309 e. The topological polar surface area (TPSA) is 107 Å². The highest BCUT2D eigenvalue weighted by molar-refractivity contribution is 5.87. The standard InChI is InChI=1S/C24H35N5O5/c1-7-34-24(32)17-10-12-29(13-11-17)20(31)14-27(4)19(30)9-8-18-15(2)21-22(25-16(18)3)28(5)26-23(21)33-6/h17H,7-14H2,1-6H3. The van der Waals surface area contributed by atoms with Gasteiger partial charge in [-0.3, -0.25) is 14.4 Å². The van der Waals surface area contributed by atoms with Crippen molar-refractivity contribution >= 4 is 28.8 Å². The average molecular weight is 474 g/mol. The van der Waals surface area contributed by atoms with Crippen LogP contribution < -0.4 is 4.74 Å². The lowest BCUT2D eigenvalue weighted by molar-refractivity contribution is -0.151. The number of ether oxygens (including phenoxy) is 2. The summed E-state index contributed by atoms with van der Waals surface area (Å²) in [6.45, 7) is 7.10. The van der Waals surface area contributed by atoms with E-state index < -0.39 is 0 Å². The SMILES string of the molecule is CCOC(=O)C1CCN(C(=O)CN(C)C(=O)CCc2c(C)nc3c(c(OC)nn3C)c2C)CC1. The van der Waals surface area contributed by atoms with Crippen LogP contribution in [0.1, 0.15) is 43.0 Å². The lowest BCUT2D eigenvalue weighted by Crippen LogP contribution is -2.45. The molecule has 2 aromatic heterocycles. The Hall–Kier alpha value is -3.17. The van der Waals surface area contributed by atoms with Crippen LogP contribution in [0.15, 0.2) is 0 Å². The van der Waals surface area contributed by atoms with Gasteiger partial charge in [0.2, 0.25) is 17.7 Å². The smallest absolute Gasteiger partial charge is 0.309 e. The molecule has 0 saturated carbocycles. The summed E-state index contributed by atoms with van der Waals surface area (Å²) in [7, 11) is 5.05. The van der Waals surface area contributed by atoms with Crippen molar-refractivity contribution in [1.82, 2.24) is 24.6 Å². The first-order valence-corrected chi connectivity index (χ1v) is 11.7. The minimum Gasteiger partial charge on any atom is -0.479 e. The number of likely N-dealkylation sites (N-methyl/N-ethyl adjacent to an activating group) is 1. The molecule has 0 N–H and O–H groups in total. The molecule has 1 saturated heterocycles. The monoisotopic (exact) mass is 473 g/mol. The van der Waals surface area contributed by atoms with Gasteiger partial charge in [0, 0.05) is 39.3 Å². The van der Waals surface area contributed by atoms with Crippen LogP contribution in [0.5, 0.6) is 5.88 Å². The summed E-state index contributed by atoms with van der Waals surface area (Å²) in [5, 5.41) is 5.22. The molecule has 0 atom stereocenters. The lowest BCUT2D eigenvalue weighted by Gasteiger charge is -2.32. The van der Waals surface area contributed by atoms with Gasteiger partial charge in [-0.1, -0.05) is 0 Å². The van der Waals surface area contributed by atoms with E-state index in [0.717, 1.165) is 27.9 Å². The number of aromatic nitrogens is 3. The van der Waals surface area contributed by atoms with Crippen molar-refractivity contribution in [2.24, 2.45) is 13.0 Å². The first-order valence-electron chi connectivity index (χ1n) is 11.7. The van der Waals surface area contributed by atoms with Crippen molar-refractivity contribution in [1.29, 1.82) is 0 Å². The van der Waals surface area contributed by atoms with Gasteiger partial charge in [-0.15, -0.1) is 5.10 Å². The summed E-state index contributed by atoms with van der Waals surface area (Å²) in [5.41, 5.74) is 3.60. The molecule has 0 bridgehead atoms. The van der Waals surface area contributed by atoms with Crippen LogP contribution in [-0.2, 0) is 32.6 Å². The van der Waals surface area contributed by atoms with Crippen molar-refractivity contribution in [3.05, 3.63) is 16.8 Å². The number of carbonyl (C=O) groups is 3. The normalized spacial score (nSPS) is 14.4. The van der Waals surface area contributed by atoms with Gasteiger partial charge < -0.3 is 19.3 Å². The van der Waals surface area contributed by atoms with Crippen molar-refractivity contribution < 1.29 is 23.9 Å². The van der Waals surface area contributed by atoms with E-state index in [0.29, 0.717) is 44.8 Å². The minimum absolute atomic E-state index is 0.0224. The van der Waals surface area contributed by atoms with Gasteiger partial charge >= 0.3 is 5.97 Å². The van der Waals surface area contributed by atoms with Crippen molar-refractivity contribution in [2.45, 2.75) is 46.5 Å². The molecule has 1 fully saturated rings. The number of aryl methyl sites for hydroxylation is 3. The third-order valence-electron chi connectivity index (χ3n) is 6.57. The number of fused-ring (bicyclic) bond motifs is 1. The Bertz CT molecular complexity index is 1070. The molecule has 0 aliphatic carbocycles. The highest BCUT2D eigenvalue weighted by atomic mass is 16.5. The Morgan fingerprint density at radius 3 is 2.47 bits per heavy atom. The maximum absolute atomic E-state index is 12.8. The second kappa shape index (κ2) is 10.8. The van der Waals surface area contributed by atoms with Gasteiger partial charge in [-0.05, 0) is 51.2 Å². The first-order chi connectivity index (χ1) is 16.2. The van der Waals surface area contributed by atoms with Crippen LogP contribution in [0.2, 0.25) is 0 Å². The number of amides is 2. The van der Waals surface area contributed by atoms with E-state index in [1.807, 2.05) is 20.9 Å². The van der Waals surface area contributed by atoms with E-state index in [1.54, 1.807) is 30.7 Å². The van der Waals surface area contributed by atoms with E-state index >= 15 is 0 Å². The zero-order valence-corrected chi connectivity index (χ0v) is 21.0. The van der Waals surface area contributed by atoms with Crippen molar-refractivity contribution in [2.75, 3.05) is 40.4 Å². The number of pyridine rings is 1. The van der Waals surface area contributed by atoms with E-state index in [1.165, 1.54) is 4.90 Å². The van der Waals surface area contributed by atoms with Crippen LogP contribution >= 0.6 is 0 Å². The molecule has 3 rings (SSSR count). The number of rotatable bonds is 8. The Labute approximate surface area is 200 Å². The molecule has 0 radical (unpaired) electrons. The molecular formula is C24H35N5O5. The molecular weight excluding hydrogens is 438 g/mol. The summed E-state index contributed by atoms with van der Waals surface area (Å²) in [5.74, 6) is -0.0340. The molecule has 1 aliphatic rings. The molecule has 0 spiro atoms. The number of esters is 1. The molecule has 0 unspecified atom stereocenters. The molecule has 3 heterocycles. The number of likely N-dealkylation sites (tertiary alicyclic amines) is 1. The molecule has 10 heteroatoms. The largest absolute Gasteiger partial charge is 0.479 e. The highest BCUT2D eigenvalue weighted by Gasteiger charge is 2.29. The molecule has 0 aromatic carbocycles. The fraction of sp³-hybridized carbons (Fsp3) is 0.625.